The number of hydrogen-bond acceptors (Lipinski definition) is 4. The van der Waals surface area contributed by atoms with Gasteiger partial charge in [0, 0.05) is 6.07 Å². The van der Waals surface area contributed by atoms with Crippen LogP contribution in [0.1, 0.15) is 24.9 Å². The number of aromatic nitrogens is 1. The number of rotatable bonds is 5. The van der Waals surface area contributed by atoms with Crippen LogP contribution in [-0.4, -0.2) is 9.91 Å². The van der Waals surface area contributed by atoms with Crippen molar-refractivity contribution in [3.63, 3.8) is 0 Å². The molecule has 2 rings (SSSR count). The van der Waals surface area contributed by atoms with E-state index in [0.717, 1.165) is 12.0 Å². The van der Waals surface area contributed by atoms with E-state index in [1.807, 2.05) is 37.3 Å². The van der Waals surface area contributed by atoms with Crippen LogP contribution in [0.25, 0.3) is 0 Å². The van der Waals surface area contributed by atoms with E-state index >= 15 is 0 Å². The molecule has 0 aliphatic carbocycles. The van der Waals surface area contributed by atoms with Gasteiger partial charge in [-0.15, -0.1) is 0 Å². The van der Waals surface area contributed by atoms with Crippen LogP contribution in [0.4, 0.5) is 11.5 Å². The van der Waals surface area contributed by atoms with Crippen LogP contribution in [0.5, 0.6) is 0 Å². The van der Waals surface area contributed by atoms with Crippen molar-refractivity contribution in [2.45, 2.75) is 19.4 Å². The Bertz CT molecular complexity index is 605. The van der Waals surface area contributed by atoms with Crippen molar-refractivity contribution >= 4 is 23.1 Å². The summed E-state index contributed by atoms with van der Waals surface area (Å²) in [5.74, 6) is 0.193. The summed E-state index contributed by atoms with van der Waals surface area (Å²) in [7, 11) is 0. The third-order valence-electron chi connectivity index (χ3n) is 2.96. The summed E-state index contributed by atoms with van der Waals surface area (Å²) in [6.45, 7) is 2.00. The van der Waals surface area contributed by atoms with Gasteiger partial charge in [0.25, 0.3) is 0 Å². The molecule has 0 bridgehead atoms. The van der Waals surface area contributed by atoms with E-state index in [4.69, 9.17) is 11.6 Å². The lowest BCUT2D eigenvalue weighted by Crippen LogP contribution is -2.12. The molecule has 1 aromatic heterocycles. The summed E-state index contributed by atoms with van der Waals surface area (Å²) >= 11 is 5.82. The molecule has 20 heavy (non-hydrogen) atoms. The maximum absolute atomic E-state index is 11.0. The number of pyridine rings is 1. The van der Waals surface area contributed by atoms with Gasteiger partial charge in [0.1, 0.15) is 5.15 Å². The van der Waals surface area contributed by atoms with Crippen LogP contribution in [0.2, 0.25) is 5.15 Å². The summed E-state index contributed by atoms with van der Waals surface area (Å²) in [6.07, 6.45) is 0.773. The molecule has 0 fully saturated rings. The molecule has 0 aliphatic rings. The molecule has 1 unspecified atom stereocenters. The molecule has 0 amide bonds. The number of nitrogens with one attached hydrogen (secondary N) is 1. The van der Waals surface area contributed by atoms with Gasteiger partial charge in [-0.05, 0) is 18.1 Å². The van der Waals surface area contributed by atoms with Gasteiger partial charge < -0.3 is 5.32 Å². The lowest BCUT2D eigenvalue weighted by atomic mass is 10.0. The van der Waals surface area contributed by atoms with Crippen molar-refractivity contribution in [1.29, 1.82) is 0 Å². The molecule has 0 saturated heterocycles. The zero-order valence-electron chi connectivity index (χ0n) is 10.9. The van der Waals surface area contributed by atoms with E-state index in [-0.39, 0.29) is 22.7 Å². The molecule has 1 atom stereocenters. The highest BCUT2D eigenvalue weighted by Crippen LogP contribution is 2.29. The van der Waals surface area contributed by atoms with Gasteiger partial charge in [-0.1, -0.05) is 48.9 Å². The van der Waals surface area contributed by atoms with Crippen molar-refractivity contribution in [1.82, 2.24) is 4.98 Å². The zero-order valence-corrected chi connectivity index (χ0v) is 11.7. The van der Waals surface area contributed by atoms with E-state index < -0.39 is 4.92 Å². The maximum Gasteiger partial charge on any atom is 0.311 e. The highest BCUT2D eigenvalue weighted by Gasteiger charge is 2.19. The number of benzene rings is 1. The Kier molecular flexibility index (Phi) is 4.53. The van der Waals surface area contributed by atoms with Crippen LogP contribution < -0.4 is 5.32 Å². The van der Waals surface area contributed by atoms with Crippen LogP contribution in [0, 0.1) is 10.1 Å². The monoisotopic (exact) mass is 291 g/mol. The van der Waals surface area contributed by atoms with Crippen molar-refractivity contribution in [3.05, 3.63) is 63.3 Å². The second-order valence-electron chi connectivity index (χ2n) is 4.27. The van der Waals surface area contributed by atoms with Gasteiger partial charge in [-0.25, -0.2) is 4.98 Å². The molecule has 104 valence electrons. The molecule has 1 N–H and O–H groups in total. The molecule has 5 nitrogen and oxygen atoms in total. The summed E-state index contributed by atoms with van der Waals surface area (Å²) in [5.41, 5.74) is 0.967. The molecule has 0 aliphatic heterocycles. The van der Waals surface area contributed by atoms with Crippen LogP contribution in [-0.2, 0) is 0 Å². The van der Waals surface area contributed by atoms with Crippen molar-refractivity contribution in [2.75, 3.05) is 5.32 Å². The Balaban J connectivity index is 2.32. The minimum Gasteiger partial charge on any atom is -0.358 e. The second kappa shape index (κ2) is 6.34. The summed E-state index contributed by atoms with van der Waals surface area (Å²) in [4.78, 5) is 14.6. The third kappa shape index (κ3) is 3.24. The number of nitrogens with zero attached hydrogens (tertiary/aromatic N) is 2. The first kappa shape index (κ1) is 14.3. The standard InChI is InChI=1S/C14H14ClN3O2/c1-2-11(10-6-4-3-5-7-10)16-14-12(18(19)20)8-9-13(15)17-14/h3-9,11H,2H2,1H3,(H,16,17). The summed E-state index contributed by atoms with van der Waals surface area (Å²) < 4.78 is 0. The lowest BCUT2D eigenvalue weighted by molar-refractivity contribution is -0.384. The maximum atomic E-state index is 11.0. The molecule has 0 spiro atoms. The predicted molar refractivity (Wildman–Crippen MR) is 79.0 cm³/mol. The fourth-order valence-corrected chi connectivity index (χ4v) is 2.10. The lowest BCUT2D eigenvalue weighted by Gasteiger charge is -2.18. The van der Waals surface area contributed by atoms with E-state index in [1.54, 1.807) is 0 Å². The Morgan fingerprint density at radius 3 is 2.60 bits per heavy atom. The second-order valence-corrected chi connectivity index (χ2v) is 4.66. The van der Waals surface area contributed by atoms with Gasteiger partial charge in [-0.2, -0.15) is 0 Å². The Morgan fingerprint density at radius 2 is 2.00 bits per heavy atom. The van der Waals surface area contributed by atoms with Gasteiger partial charge in [-0.3, -0.25) is 10.1 Å². The fraction of sp³-hybridized carbons (Fsp3) is 0.214. The van der Waals surface area contributed by atoms with E-state index in [2.05, 4.69) is 10.3 Å². The molecule has 0 saturated carbocycles. The molecule has 6 heteroatoms. The molecule has 1 heterocycles. The summed E-state index contributed by atoms with van der Waals surface area (Å²) in [5, 5.41) is 14.3. The Morgan fingerprint density at radius 1 is 1.30 bits per heavy atom. The molecular formula is C14H14ClN3O2. The number of nitro groups is 1. The minimum atomic E-state index is -0.469. The molecule has 2 aromatic rings. The number of hydrogen-bond donors (Lipinski definition) is 1. The van der Waals surface area contributed by atoms with E-state index in [0.29, 0.717) is 0 Å². The van der Waals surface area contributed by atoms with Gasteiger partial charge in [0.2, 0.25) is 5.82 Å². The first-order valence-corrected chi connectivity index (χ1v) is 6.62. The van der Waals surface area contributed by atoms with Crippen LogP contribution >= 0.6 is 11.6 Å². The van der Waals surface area contributed by atoms with Crippen molar-refractivity contribution < 1.29 is 4.92 Å². The average molecular weight is 292 g/mol. The first-order valence-electron chi connectivity index (χ1n) is 6.24. The van der Waals surface area contributed by atoms with Crippen molar-refractivity contribution in [3.8, 4) is 0 Å². The number of anilines is 1. The van der Waals surface area contributed by atoms with Crippen LogP contribution in [0.3, 0.4) is 0 Å². The molecule has 0 radical (unpaired) electrons. The average Bonchev–Trinajstić information content (AvgIpc) is 2.45. The molecular weight excluding hydrogens is 278 g/mol. The Hall–Kier alpha value is -2.14. The minimum absolute atomic E-state index is 0.0548. The van der Waals surface area contributed by atoms with Crippen LogP contribution in [0.15, 0.2) is 42.5 Å². The fourth-order valence-electron chi connectivity index (χ4n) is 1.95. The predicted octanol–water partition coefficient (Wildman–Crippen LogP) is 4.21. The zero-order chi connectivity index (χ0) is 14.5. The van der Waals surface area contributed by atoms with Gasteiger partial charge in [0.05, 0.1) is 11.0 Å². The molecule has 1 aromatic carbocycles. The Labute approximate surface area is 121 Å². The third-order valence-corrected chi connectivity index (χ3v) is 3.17. The number of halogens is 1. The SMILES string of the molecule is CCC(Nc1nc(Cl)ccc1[N+](=O)[O-])c1ccccc1. The topological polar surface area (TPSA) is 68.1 Å². The first-order chi connectivity index (χ1) is 9.61. The highest BCUT2D eigenvalue weighted by atomic mass is 35.5. The van der Waals surface area contributed by atoms with Gasteiger partial charge in [0.15, 0.2) is 0 Å². The van der Waals surface area contributed by atoms with Crippen molar-refractivity contribution in [2.24, 2.45) is 0 Å². The quantitative estimate of drug-likeness (QED) is 0.509. The highest BCUT2D eigenvalue weighted by molar-refractivity contribution is 6.29. The van der Waals surface area contributed by atoms with Gasteiger partial charge >= 0.3 is 5.69 Å². The smallest absolute Gasteiger partial charge is 0.311 e. The summed E-state index contributed by atoms with van der Waals surface area (Å²) in [6, 6.07) is 12.4. The van der Waals surface area contributed by atoms with E-state index in [9.17, 15) is 10.1 Å². The largest absolute Gasteiger partial charge is 0.358 e. The van der Waals surface area contributed by atoms with E-state index in [1.165, 1.54) is 12.1 Å². The normalized spacial score (nSPS) is 11.9.